The molecule has 0 aliphatic rings. The third-order valence-electron chi connectivity index (χ3n) is 7.48. The number of aromatic nitrogens is 2. The predicted molar refractivity (Wildman–Crippen MR) is 207 cm³/mol. The van der Waals surface area contributed by atoms with Crippen LogP contribution in [-0.4, -0.2) is 9.13 Å². The second-order valence-electron chi connectivity index (χ2n) is 15.7. The first-order chi connectivity index (χ1) is 20.2. The summed E-state index contributed by atoms with van der Waals surface area (Å²) in [6, 6.07) is 31.6. The second-order valence-corrected chi connectivity index (χ2v) is 15.7. The van der Waals surface area contributed by atoms with Crippen LogP contribution < -0.4 is 0 Å². The molecule has 3 aromatic carbocycles. The van der Waals surface area contributed by atoms with Gasteiger partial charge >= 0.3 is 0 Å². The molecule has 0 spiro atoms. The number of benzene rings is 3. The van der Waals surface area contributed by atoms with Crippen molar-refractivity contribution in [2.75, 3.05) is 0 Å². The molecule has 48 heavy (non-hydrogen) atoms. The first-order valence-corrected chi connectivity index (χ1v) is 15.8. The normalized spacial score (nSPS) is 10.9. The summed E-state index contributed by atoms with van der Waals surface area (Å²) in [5.41, 5.74) is 8.06. The third-order valence-corrected chi connectivity index (χ3v) is 7.48. The molecule has 0 aliphatic carbocycles. The molecule has 0 unspecified atom stereocenters. The number of aryl methyl sites for hydroxylation is 2. The van der Waals surface area contributed by atoms with E-state index in [9.17, 15) is 0 Å². The summed E-state index contributed by atoms with van der Waals surface area (Å²) in [6.45, 7) is 27.3. The first-order valence-electron chi connectivity index (χ1n) is 15.8. The van der Waals surface area contributed by atoms with Gasteiger partial charge in [-0.2, -0.15) is 23.6 Å². The van der Waals surface area contributed by atoms with Crippen LogP contribution in [0.3, 0.4) is 0 Å². The van der Waals surface area contributed by atoms with Crippen molar-refractivity contribution >= 4 is 10.9 Å². The van der Waals surface area contributed by atoms with E-state index in [-0.39, 0.29) is 102 Å². The van der Waals surface area contributed by atoms with E-state index in [2.05, 4.69) is 156 Å². The van der Waals surface area contributed by atoms with Crippen LogP contribution >= 0.6 is 0 Å². The molecule has 2 radical (unpaired) electrons. The Balaban J connectivity index is -0.000000565. The summed E-state index contributed by atoms with van der Waals surface area (Å²) in [5, 5.41) is 1.25. The molecule has 0 bridgehead atoms. The molecular formula is C44H64N2Y2-4. The maximum absolute atomic E-state index is 3.09. The number of fused-ring (bicyclic) bond motifs is 1. The maximum atomic E-state index is 3.09. The van der Waals surface area contributed by atoms with Gasteiger partial charge in [0.25, 0.3) is 0 Å². The Bertz CT molecular complexity index is 1420. The zero-order chi connectivity index (χ0) is 33.3. The average Bonchev–Trinajstić information content (AvgIpc) is 3.57. The largest absolute Gasteiger partial charge is 0.473 e. The summed E-state index contributed by atoms with van der Waals surface area (Å²) in [6.07, 6.45) is 7.95. The van der Waals surface area contributed by atoms with Gasteiger partial charge in [0.05, 0.1) is 0 Å². The molecule has 0 fully saturated rings. The average molecular weight is 799 g/mol. The van der Waals surface area contributed by atoms with E-state index in [1.807, 2.05) is 59.8 Å². The number of hydrogen-bond acceptors (Lipinski definition) is 0. The van der Waals surface area contributed by atoms with Crippen molar-refractivity contribution < 1.29 is 65.4 Å². The molecule has 0 saturated carbocycles. The van der Waals surface area contributed by atoms with Gasteiger partial charge in [0.1, 0.15) is 0 Å². The van der Waals surface area contributed by atoms with Crippen molar-refractivity contribution in [2.24, 2.45) is 14.1 Å². The van der Waals surface area contributed by atoms with Crippen LogP contribution in [0.4, 0.5) is 0 Å². The molecule has 2 heterocycles. The Morgan fingerprint density at radius 2 is 0.792 bits per heavy atom. The van der Waals surface area contributed by atoms with E-state index in [1.54, 1.807) is 0 Å². The third kappa shape index (κ3) is 16.6. The molecule has 0 amide bonds. The van der Waals surface area contributed by atoms with Crippen LogP contribution in [0.25, 0.3) is 10.9 Å². The monoisotopic (exact) mass is 798 g/mol. The summed E-state index contributed by atoms with van der Waals surface area (Å²) in [4.78, 5) is 0. The molecule has 5 rings (SSSR count). The van der Waals surface area contributed by atoms with Crippen LogP contribution in [0.15, 0.2) is 97.2 Å². The van der Waals surface area contributed by atoms with Gasteiger partial charge in [-0.05, 0) is 58.0 Å². The predicted octanol–water partition coefficient (Wildman–Crippen LogP) is 12.3. The Morgan fingerprint density at radius 3 is 1.04 bits per heavy atom. The van der Waals surface area contributed by atoms with Crippen LogP contribution in [0, 0.1) is 27.2 Å². The Hall–Kier alpha value is -1.31. The fourth-order valence-electron chi connectivity index (χ4n) is 5.11. The van der Waals surface area contributed by atoms with E-state index < -0.39 is 0 Å². The standard InChI is InChI=1S/2C14H22.C9H8N.C5H6N.2CH3.2Y/c2*1-13(2,3)11-9-7-8-10-12(11)14(4,5)6;1-10-7-6-8-4-2-3-5-9(8)10;1-6-4-2-3-5-6;;;;/h2*7-10H,1-6H3;2-6H,1H3;2-4H,1H3;2*1H3;;/q;;4*-1;;. The molecule has 0 N–H and O–H groups in total. The summed E-state index contributed by atoms with van der Waals surface area (Å²) in [5.74, 6) is 0. The summed E-state index contributed by atoms with van der Waals surface area (Å²) >= 11 is 0. The zero-order valence-corrected chi connectivity index (χ0v) is 39.0. The number of nitrogens with zero attached hydrogens (tertiary/aromatic N) is 2. The van der Waals surface area contributed by atoms with Crippen molar-refractivity contribution in [1.29, 1.82) is 0 Å². The first kappa shape index (κ1) is 51.1. The SMILES string of the molecule is CC(C)(C)c1ccccc1C(C)(C)C.CC(C)(C)c1ccccc1C(C)(C)C.Cn1[c-]cc2ccccc21.Cn1[c-]ccc1.[CH3-].[CH3-].[Y].[Y]. The molecule has 5 aromatic rings. The van der Waals surface area contributed by atoms with Gasteiger partial charge in [0.15, 0.2) is 0 Å². The molecular weight excluding hydrogens is 734 g/mol. The minimum atomic E-state index is 0. The Labute approximate surface area is 347 Å². The molecule has 4 heteroatoms. The molecule has 260 valence electrons. The minimum Gasteiger partial charge on any atom is -0.473 e. The van der Waals surface area contributed by atoms with Gasteiger partial charge in [-0.15, -0.1) is 36.2 Å². The van der Waals surface area contributed by atoms with E-state index >= 15 is 0 Å². The van der Waals surface area contributed by atoms with Crippen molar-refractivity contribution in [3.05, 3.63) is 147 Å². The van der Waals surface area contributed by atoms with Crippen LogP contribution in [0.2, 0.25) is 0 Å². The van der Waals surface area contributed by atoms with Crippen LogP contribution in [0.5, 0.6) is 0 Å². The van der Waals surface area contributed by atoms with E-state index in [1.165, 1.54) is 33.2 Å². The topological polar surface area (TPSA) is 9.86 Å². The van der Waals surface area contributed by atoms with E-state index in [4.69, 9.17) is 0 Å². The van der Waals surface area contributed by atoms with E-state index in [0.717, 1.165) is 0 Å². The summed E-state index contributed by atoms with van der Waals surface area (Å²) < 4.78 is 3.87. The molecule has 0 atom stereocenters. The van der Waals surface area contributed by atoms with Crippen molar-refractivity contribution in [3.63, 3.8) is 0 Å². The van der Waals surface area contributed by atoms with Gasteiger partial charge in [-0.1, -0.05) is 144 Å². The van der Waals surface area contributed by atoms with Gasteiger partial charge in [-0.25, -0.2) is 0 Å². The summed E-state index contributed by atoms with van der Waals surface area (Å²) in [7, 11) is 3.95. The second kappa shape index (κ2) is 21.8. The molecule has 2 nitrogen and oxygen atoms in total. The number of rotatable bonds is 0. The fraction of sp³-hybridized carbons (Fsp3) is 0.409. The van der Waals surface area contributed by atoms with Crippen molar-refractivity contribution in [2.45, 2.75) is 105 Å². The smallest absolute Gasteiger partial charge is 0 e. The van der Waals surface area contributed by atoms with Gasteiger partial charge < -0.3 is 24.0 Å². The van der Waals surface area contributed by atoms with Gasteiger partial charge in [-0.3, -0.25) is 0 Å². The molecule has 0 aliphatic heterocycles. The Kier molecular flexibility index (Phi) is 23.2. The van der Waals surface area contributed by atoms with Gasteiger partial charge in [0, 0.05) is 65.4 Å². The molecule has 2 aromatic heterocycles. The van der Waals surface area contributed by atoms with Crippen molar-refractivity contribution in [3.8, 4) is 0 Å². The fourth-order valence-corrected chi connectivity index (χ4v) is 5.11. The quantitative estimate of drug-likeness (QED) is 0.138. The van der Waals surface area contributed by atoms with Crippen LogP contribution in [0.1, 0.15) is 105 Å². The van der Waals surface area contributed by atoms with E-state index in [0.29, 0.717) is 0 Å². The number of para-hydroxylation sites is 1. The number of hydrogen-bond donors (Lipinski definition) is 0. The molecule has 0 saturated heterocycles. The zero-order valence-electron chi connectivity index (χ0n) is 33.3. The Morgan fingerprint density at radius 1 is 0.458 bits per heavy atom. The van der Waals surface area contributed by atoms with Gasteiger partial charge in [0.2, 0.25) is 0 Å². The van der Waals surface area contributed by atoms with Crippen LogP contribution in [-0.2, 0) is 101 Å². The maximum Gasteiger partial charge on any atom is 0 e. The minimum absolute atomic E-state index is 0. The van der Waals surface area contributed by atoms with Crippen molar-refractivity contribution in [1.82, 2.24) is 9.13 Å².